The Kier molecular flexibility index (Phi) is 6.18. The number of rotatable bonds is 4. The van der Waals surface area contributed by atoms with Gasteiger partial charge in [-0.15, -0.1) is 0 Å². The van der Waals surface area contributed by atoms with E-state index >= 15 is 0 Å². The lowest BCUT2D eigenvalue weighted by atomic mass is 9.81. The summed E-state index contributed by atoms with van der Waals surface area (Å²) < 4.78 is 0. The second kappa shape index (κ2) is 9.02. The van der Waals surface area contributed by atoms with Crippen molar-refractivity contribution in [2.75, 3.05) is 30.4 Å². The molecule has 0 aliphatic carbocycles. The molecule has 0 bridgehead atoms. The predicted octanol–water partition coefficient (Wildman–Crippen LogP) is 4.05. The Balaban J connectivity index is 1.74. The third kappa shape index (κ3) is 4.26. The molecule has 1 aromatic heterocycles. The number of nitrogens with zero attached hydrogens (tertiary/aromatic N) is 3. The molecule has 0 fully saturated rings. The minimum absolute atomic E-state index is 0.0565. The van der Waals surface area contributed by atoms with Crippen molar-refractivity contribution in [1.82, 2.24) is 10.3 Å². The normalized spacial score (nSPS) is 23.4. The van der Waals surface area contributed by atoms with Crippen LogP contribution >= 0.6 is 0 Å². The Morgan fingerprint density at radius 2 is 2.13 bits per heavy atom. The molecule has 31 heavy (non-hydrogen) atoms. The van der Waals surface area contributed by atoms with Gasteiger partial charge in [0.15, 0.2) is 0 Å². The third-order valence-corrected chi connectivity index (χ3v) is 6.46. The summed E-state index contributed by atoms with van der Waals surface area (Å²) in [6, 6.07) is 10.7. The minimum atomic E-state index is 0.0565. The monoisotopic (exact) mass is 417 g/mol. The second-order valence-corrected chi connectivity index (χ2v) is 8.43. The van der Waals surface area contributed by atoms with E-state index in [0.717, 1.165) is 42.1 Å². The van der Waals surface area contributed by atoms with Gasteiger partial charge >= 0.3 is 0 Å². The lowest BCUT2D eigenvalue weighted by molar-refractivity contribution is -0.117. The molecule has 0 saturated carbocycles. The molecule has 1 unspecified atom stereocenters. The van der Waals surface area contributed by atoms with Gasteiger partial charge in [-0.2, -0.15) is 0 Å². The van der Waals surface area contributed by atoms with E-state index in [9.17, 15) is 4.79 Å². The highest BCUT2D eigenvalue weighted by atomic mass is 16.2. The number of benzene rings is 1. The van der Waals surface area contributed by atoms with Crippen molar-refractivity contribution in [2.24, 2.45) is 10.9 Å². The first-order valence-corrected chi connectivity index (χ1v) is 11.0. The predicted molar refractivity (Wildman–Crippen MR) is 128 cm³/mol. The number of aromatic nitrogens is 1. The number of fused-ring (bicyclic) bond motifs is 1. The summed E-state index contributed by atoms with van der Waals surface area (Å²) in [5.41, 5.74) is 5.71. The fourth-order valence-electron chi connectivity index (χ4n) is 4.66. The first-order valence-electron chi connectivity index (χ1n) is 11.0. The SMILES string of the molecule is C/N=C/c1ccc(NC2c3cc(C4=CCNCC4)ccc3N(C(C)=O)[C@@H](C)[C@@H]2C)nc1. The number of nitrogens with one attached hydrogen (secondary N) is 2. The van der Waals surface area contributed by atoms with E-state index in [2.05, 4.69) is 58.7 Å². The summed E-state index contributed by atoms with van der Waals surface area (Å²) >= 11 is 0. The van der Waals surface area contributed by atoms with Crippen molar-refractivity contribution in [3.05, 3.63) is 59.3 Å². The molecule has 0 radical (unpaired) electrons. The lowest BCUT2D eigenvalue weighted by Gasteiger charge is -2.44. The van der Waals surface area contributed by atoms with Gasteiger partial charge in [-0.3, -0.25) is 9.79 Å². The lowest BCUT2D eigenvalue weighted by Crippen LogP contribution is -2.48. The molecular formula is C25H31N5O. The van der Waals surface area contributed by atoms with E-state index in [1.807, 2.05) is 23.2 Å². The van der Waals surface area contributed by atoms with Gasteiger partial charge in [-0.1, -0.05) is 19.1 Å². The molecule has 0 spiro atoms. The summed E-state index contributed by atoms with van der Waals surface area (Å²) in [7, 11) is 1.75. The highest BCUT2D eigenvalue weighted by molar-refractivity contribution is 5.94. The zero-order valence-electron chi connectivity index (χ0n) is 18.7. The molecule has 2 aliphatic heterocycles. The Bertz CT molecular complexity index is 1010. The number of anilines is 2. The van der Waals surface area contributed by atoms with E-state index in [1.54, 1.807) is 20.2 Å². The molecule has 2 N–H and O–H groups in total. The minimum Gasteiger partial charge on any atom is -0.363 e. The largest absolute Gasteiger partial charge is 0.363 e. The van der Waals surface area contributed by atoms with Crippen molar-refractivity contribution < 1.29 is 4.79 Å². The Morgan fingerprint density at radius 1 is 1.29 bits per heavy atom. The highest BCUT2D eigenvalue weighted by Gasteiger charge is 2.38. The maximum atomic E-state index is 12.5. The Labute approximate surface area is 184 Å². The van der Waals surface area contributed by atoms with E-state index in [1.165, 1.54) is 11.1 Å². The van der Waals surface area contributed by atoms with Crippen LogP contribution in [0.25, 0.3) is 5.57 Å². The fraction of sp³-hybridized carbons (Fsp3) is 0.400. The van der Waals surface area contributed by atoms with Gasteiger partial charge in [0.25, 0.3) is 0 Å². The molecule has 2 aliphatic rings. The van der Waals surface area contributed by atoms with Gasteiger partial charge in [0.2, 0.25) is 5.91 Å². The molecule has 3 atom stereocenters. The number of carbonyl (C=O) groups excluding carboxylic acids is 1. The number of amides is 1. The third-order valence-electron chi connectivity index (χ3n) is 6.46. The van der Waals surface area contributed by atoms with Crippen molar-refractivity contribution in [1.29, 1.82) is 0 Å². The zero-order valence-corrected chi connectivity index (χ0v) is 18.7. The van der Waals surface area contributed by atoms with Crippen LogP contribution in [0.5, 0.6) is 0 Å². The topological polar surface area (TPSA) is 69.6 Å². The van der Waals surface area contributed by atoms with E-state index in [0.29, 0.717) is 0 Å². The molecule has 6 heteroatoms. The molecular weight excluding hydrogens is 386 g/mol. The standard InChI is InChI=1S/C25H31N5O/c1-16-17(2)30(18(3)31)23-7-6-21(20-9-11-27-12-10-20)13-22(23)25(16)29-24-8-5-19(14-26-4)15-28-24/h5-9,13-17,25,27H,10-12H2,1-4H3,(H,28,29)/b26-14+/t16-,17-,25?/m0/s1. The summed E-state index contributed by atoms with van der Waals surface area (Å²) in [4.78, 5) is 23.1. The fourth-order valence-corrected chi connectivity index (χ4v) is 4.66. The molecule has 3 heterocycles. The average molecular weight is 418 g/mol. The number of aliphatic imine (C=N–C) groups is 1. The molecule has 0 saturated heterocycles. The van der Waals surface area contributed by atoms with Crippen LogP contribution in [0.3, 0.4) is 0 Å². The smallest absolute Gasteiger partial charge is 0.224 e. The molecule has 1 aromatic carbocycles. The maximum Gasteiger partial charge on any atom is 0.224 e. The van der Waals surface area contributed by atoms with Crippen molar-refractivity contribution >= 4 is 29.2 Å². The van der Waals surface area contributed by atoms with Crippen LogP contribution < -0.4 is 15.5 Å². The zero-order chi connectivity index (χ0) is 22.0. The van der Waals surface area contributed by atoms with Gasteiger partial charge in [-0.05, 0) is 60.9 Å². The van der Waals surface area contributed by atoms with Crippen LogP contribution in [0.4, 0.5) is 11.5 Å². The van der Waals surface area contributed by atoms with Gasteiger partial charge in [-0.25, -0.2) is 4.98 Å². The van der Waals surface area contributed by atoms with Crippen molar-refractivity contribution in [2.45, 2.75) is 39.3 Å². The van der Waals surface area contributed by atoms with E-state index in [-0.39, 0.29) is 23.9 Å². The first-order chi connectivity index (χ1) is 15.0. The molecule has 6 nitrogen and oxygen atoms in total. The van der Waals surface area contributed by atoms with Crippen molar-refractivity contribution in [3.63, 3.8) is 0 Å². The van der Waals surface area contributed by atoms with E-state index in [4.69, 9.17) is 0 Å². The van der Waals surface area contributed by atoms with Crippen LogP contribution in [-0.2, 0) is 4.79 Å². The first kappa shape index (κ1) is 21.2. The van der Waals surface area contributed by atoms with Gasteiger partial charge in [0, 0.05) is 56.1 Å². The molecule has 4 rings (SSSR count). The average Bonchev–Trinajstić information content (AvgIpc) is 2.78. The number of carbonyl (C=O) groups is 1. The van der Waals surface area contributed by atoms with Crippen LogP contribution in [0.1, 0.15) is 49.9 Å². The molecule has 2 aromatic rings. The van der Waals surface area contributed by atoms with Gasteiger partial charge < -0.3 is 15.5 Å². The van der Waals surface area contributed by atoms with E-state index < -0.39 is 0 Å². The maximum absolute atomic E-state index is 12.5. The Hall–Kier alpha value is -2.99. The number of pyridine rings is 1. The number of hydrogen-bond donors (Lipinski definition) is 2. The van der Waals surface area contributed by atoms with Gasteiger partial charge in [0.1, 0.15) is 5.82 Å². The second-order valence-electron chi connectivity index (χ2n) is 8.43. The Morgan fingerprint density at radius 3 is 2.77 bits per heavy atom. The summed E-state index contributed by atoms with van der Waals surface area (Å²) in [5, 5.41) is 7.03. The summed E-state index contributed by atoms with van der Waals surface area (Å²) in [6.07, 6.45) is 6.90. The molecule has 1 amide bonds. The van der Waals surface area contributed by atoms with Crippen LogP contribution in [0.15, 0.2) is 47.6 Å². The summed E-state index contributed by atoms with van der Waals surface area (Å²) in [6.45, 7) is 7.88. The summed E-state index contributed by atoms with van der Waals surface area (Å²) in [5.74, 6) is 1.12. The van der Waals surface area contributed by atoms with Gasteiger partial charge in [0.05, 0.1) is 6.04 Å². The van der Waals surface area contributed by atoms with Crippen LogP contribution in [0.2, 0.25) is 0 Å². The highest BCUT2D eigenvalue weighted by Crippen LogP contribution is 2.43. The quantitative estimate of drug-likeness (QED) is 0.737. The van der Waals surface area contributed by atoms with Crippen LogP contribution in [0, 0.1) is 5.92 Å². The number of hydrogen-bond acceptors (Lipinski definition) is 5. The molecule has 162 valence electrons. The van der Waals surface area contributed by atoms with Crippen molar-refractivity contribution in [3.8, 4) is 0 Å². The van der Waals surface area contributed by atoms with Crippen LogP contribution in [-0.4, -0.2) is 43.3 Å².